The maximum absolute atomic E-state index is 10.8. The Morgan fingerprint density at radius 2 is 2.33 bits per heavy atom. The molecule has 1 aromatic heterocycles. The van der Waals surface area contributed by atoms with Crippen molar-refractivity contribution < 1.29 is 9.45 Å². The Morgan fingerprint density at radius 1 is 1.56 bits per heavy atom. The molecule has 8 heteroatoms. The predicted molar refractivity (Wildman–Crippen MR) is 64.5 cm³/mol. The first-order chi connectivity index (χ1) is 8.56. The Labute approximate surface area is 107 Å². The Balaban J connectivity index is 2.16. The second-order valence-corrected chi connectivity index (χ2v) is 3.94. The summed E-state index contributed by atoms with van der Waals surface area (Å²) in [6.07, 6.45) is 0. The van der Waals surface area contributed by atoms with Crippen molar-refractivity contribution in [2.45, 2.75) is 13.5 Å². The van der Waals surface area contributed by atoms with Crippen LogP contribution >= 0.6 is 11.6 Å². The van der Waals surface area contributed by atoms with Crippen molar-refractivity contribution in [3.63, 3.8) is 0 Å². The van der Waals surface area contributed by atoms with Crippen LogP contribution in [0.2, 0.25) is 5.02 Å². The Kier molecular flexibility index (Phi) is 3.42. The van der Waals surface area contributed by atoms with Crippen LogP contribution in [0.5, 0.6) is 0 Å². The maximum atomic E-state index is 10.8. The van der Waals surface area contributed by atoms with Gasteiger partial charge < -0.3 is 9.84 Å². The molecule has 0 aliphatic carbocycles. The van der Waals surface area contributed by atoms with Gasteiger partial charge in [0.05, 0.1) is 11.5 Å². The highest BCUT2D eigenvalue weighted by atomic mass is 35.5. The van der Waals surface area contributed by atoms with E-state index in [2.05, 4.69) is 15.5 Å². The average molecular weight is 269 g/mol. The fourth-order valence-electron chi connectivity index (χ4n) is 1.39. The van der Waals surface area contributed by atoms with Crippen molar-refractivity contribution in [1.82, 2.24) is 10.1 Å². The van der Waals surface area contributed by atoms with E-state index in [4.69, 9.17) is 16.1 Å². The summed E-state index contributed by atoms with van der Waals surface area (Å²) in [5.74, 6) is 0.870. The monoisotopic (exact) mass is 268 g/mol. The molecule has 0 unspecified atom stereocenters. The molecule has 0 fully saturated rings. The molecule has 1 aromatic carbocycles. The van der Waals surface area contributed by atoms with Gasteiger partial charge in [-0.3, -0.25) is 10.1 Å². The molecular formula is C10H9ClN4O3. The third-order valence-electron chi connectivity index (χ3n) is 2.16. The summed E-state index contributed by atoms with van der Waals surface area (Å²) in [5.41, 5.74) is 0.259. The van der Waals surface area contributed by atoms with Gasteiger partial charge in [-0.1, -0.05) is 16.8 Å². The van der Waals surface area contributed by atoms with Gasteiger partial charge in [-0.2, -0.15) is 4.98 Å². The molecule has 0 atom stereocenters. The van der Waals surface area contributed by atoms with Crippen molar-refractivity contribution in [2.75, 3.05) is 5.32 Å². The number of anilines is 1. The van der Waals surface area contributed by atoms with Gasteiger partial charge in [-0.15, -0.1) is 0 Å². The van der Waals surface area contributed by atoms with Gasteiger partial charge >= 0.3 is 0 Å². The number of nitrogens with one attached hydrogen (secondary N) is 1. The van der Waals surface area contributed by atoms with Crippen molar-refractivity contribution in [3.05, 3.63) is 45.1 Å². The molecule has 7 nitrogen and oxygen atoms in total. The van der Waals surface area contributed by atoms with Gasteiger partial charge in [0.25, 0.3) is 5.69 Å². The quantitative estimate of drug-likeness (QED) is 0.676. The van der Waals surface area contributed by atoms with Crippen LogP contribution in [-0.4, -0.2) is 15.1 Å². The molecule has 2 rings (SSSR count). The van der Waals surface area contributed by atoms with Crippen LogP contribution in [0.3, 0.4) is 0 Å². The van der Waals surface area contributed by atoms with Crippen molar-refractivity contribution in [3.8, 4) is 0 Å². The zero-order valence-electron chi connectivity index (χ0n) is 9.38. The number of hydrogen-bond donors (Lipinski definition) is 1. The Bertz CT molecular complexity index is 584. The summed E-state index contributed by atoms with van der Waals surface area (Å²) in [7, 11) is 0. The van der Waals surface area contributed by atoms with Crippen molar-refractivity contribution >= 4 is 23.0 Å². The summed E-state index contributed by atoms with van der Waals surface area (Å²) in [5, 5.41) is 17.7. The van der Waals surface area contributed by atoms with E-state index in [9.17, 15) is 10.1 Å². The van der Waals surface area contributed by atoms with E-state index in [0.717, 1.165) is 0 Å². The highest BCUT2D eigenvalue weighted by Crippen LogP contribution is 2.27. The smallest absolute Gasteiger partial charge is 0.293 e. The lowest BCUT2D eigenvalue weighted by molar-refractivity contribution is -0.383. The van der Waals surface area contributed by atoms with Crippen LogP contribution in [0, 0.1) is 17.0 Å². The van der Waals surface area contributed by atoms with Crippen LogP contribution < -0.4 is 5.32 Å². The fourth-order valence-corrected chi connectivity index (χ4v) is 1.56. The second-order valence-electron chi connectivity index (χ2n) is 3.50. The molecule has 94 valence electrons. The molecule has 0 aliphatic rings. The van der Waals surface area contributed by atoms with Crippen LogP contribution in [0.25, 0.3) is 0 Å². The normalized spacial score (nSPS) is 10.3. The highest BCUT2D eigenvalue weighted by Gasteiger charge is 2.14. The van der Waals surface area contributed by atoms with Gasteiger partial charge in [0.1, 0.15) is 5.69 Å². The van der Waals surface area contributed by atoms with E-state index in [1.807, 2.05) is 0 Å². The molecule has 0 saturated heterocycles. The lowest BCUT2D eigenvalue weighted by Crippen LogP contribution is -2.04. The van der Waals surface area contributed by atoms with Gasteiger partial charge in [0, 0.05) is 18.0 Å². The third kappa shape index (κ3) is 2.75. The fraction of sp³-hybridized carbons (Fsp3) is 0.200. The first-order valence-electron chi connectivity index (χ1n) is 5.03. The number of nitrogens with zero attached hydrogens (tertiary/aromatic N) is 3. The molecule has 0 bridgehead atoms. The van der Waals surface area contributed by atoms with E-state index < -0.39 is 4.92 Å². The minimum absolute atomic E-state index is 0.0947. The standard InChI is InChI=1S/C10H9ClN4O3/c1-6-13-10(14-18-6)5-12-8-3-2-7(11)4-9(8)15(16)17/h2-4,12H,5H2,1H3. The number of aryl methyl sites for hydroxylation is 1. The number of benzene rings is 1. The largest absolute Gasteiger partial charge is 0.372 e. The minimum Gasteiger partial charge on any atom is -0.372 e. The molecular weight excluding hydrogens is 260 g/mol. The topological polar surface area (TPSA) is 94.1 Å². The highest BCUT2D eigenvalue weighted by molar-refractivity contribution is 6.30. The van der Waals surface area contributed by atoms with Crippen molar-refractivity contribution in [2.24, 2.45) is 0 Å². The van der Waals surface area contributed by atoms with E-state index in [1.54, 1.807) is 13.0 Å². The second kappa shape index (κ2) is 5.01. The number of nitro benzene ring substituents is 1. The number of rotatable bonds is 4. The summed E-state index contributed by atoms with van der Waals surface area (Å²) >= 11 is 5.71. The lowest BCUT2D eigenvalue weighted by atomic mass is 10.2. The van der Waals surface area contributed by atoms with Gasteiger partial charge in [-0.25, -0.2) is 0 Å². The molecule has 0 saturated carbocycles. The van der Waals surface area contributed by atoms with Gasteiger partial charge in [0.2, 0.25) is 5.89 Å². The van der Waals surface area contributed by atoms with E-state index in [0.29, 0.717) is 22.4 Å². The number of nitro groups is 1. The van der Waals surface area contributed by atoms with Crippen molar-refractivity contribution in [1.29, 1.82) is 0 Å². The molecule has 1 N–H and O–H groups in total. The number of hydrogen-bond acceptors (Lipinski definition) is 6. The molecule has 18 heavy (non-hydrogen) atoms. The summed E-state index contributed by atoms with van der Waals surface area (Å²) in [4.78, 5) is 14.3. The van der Waals surface area contributed by atoms with Gasteiger partial charge in [-0.05, 0) is 12.1 Å². The summed E-state index contributed by atoms with van der Waals surface area (Å²) in [6, 6.07) is 4.39. The van der Waals surface area contributed by atoms with E-state index in [-0.39, 0.29) is 12.2 Å². The Hall–Kier alpha value is -2.15. The van der Waals surface area contributed by atoms with Crippen LogP contribution in [-0.2, 0) is 6.54 Å². The molecule has 0 radical (unpaired) electrons. The number of aromatic nitrogens is 2. The summed E-state index contributed by atoms with van der Waals surface area (Å²) < 4.78 is 4.79. The van der Waals surface area contributed by atoms with E-state index in [1.165, 1.54) is 12.1 Å². The molecule has 0 amide bonds. The zero-order valence-corrected chi connectivity index (χ0v) is 10.1. The lowest BCUT2D eigenvalue weighted by Gasteiger charge is -2.04. The van der Waals surface area contributed by atoms with E-state index >= 15 is 0 Å². The first kappa shape index (κ1) is 12.3. The molecule has 2 aromatic rings. The SMILES string of the molecule is Cc1nc(CNc2ccc(Cl)cc2[N+](=O)[O-])no1. The molecule has 1 heterocycles. The number of halogens is 1. The molecule has 0 aliphatic heterocycles. The minimum atomic E-state index is -0.504. The predicted octanol–water partition coefficient (Wildman–Crippen LogP) is 2.55. The average Bonchev–Trinajstić information content (AvgIpc) is 2.73. The first-order valence-corrected chi connectivity index (χ1v) is 5.41. The van der Waals surface area contributed by atoms with Gasteiger partial charge in [0.15, 0.2) is 5.82 Å². The van der Waals surface area contributed by atoms with Crippen LogP contribution in [0.1, 0.15) is 11.7 Å². The Morgan fingerprint density at radius 3 is 2.94 bits per heavy atom. The van der Waals surface area contributed by atoms with Crippen LogP contribution in [0.15, 0.2) is 22.7 Å². The third-order valence-corrected chi connectivity index (χ3v) is 2.40. The molecule has 0 spiro atoms. The zero-order chi connectivity index (χ0) is 13.1. The summed E-state index contributed by atoms with van der Waals surface area (Å²) in [6.45, 7) is 1.90. The van der Waals surface area contributed by atoms with Crippen LogP contribution in [0.4, 0.5) is 11.4 Å². The maximum Gasteiger partial charge on any atom is 0.293 e.